The molecule has 1 unspecified atom stereocenters. The van der Waals surface area contributed by atoms with Crippen molar-refractivity contribution in [3.63, 3.8) is 0 Å². The summed E-state index contributed by atoms with van der Waals surface area (Å²) >= 11 is 0. The fraction of sp³-hybridized carbons (Fsp3) is 0.667. The third kappa shape index (κ3) is 1.71. The van der Waals surface area contributed by atoms with Gasteiger partial charge in [0.2, 0.25) is 0 Å². The van der Waals surface area contributed by atoms with E-state index >= 15 is 0 Å². The van der Waals surface area contributed by atoms with Crippen molar-refractivity contribution in [3.8, 4) is 0 Å². The normalized spacial score (nSPS) is 31.5. The lowest BCUT2D eigenvalue weighted by Gasteiger charge is -2.23. The fourth-order valence-electron chi connectivity index (χ4n) is 4.05. The number of fused-ring (bicyclic) bond motifs is 1. The van der Waals surface area contributed by atoms with E-state index in [-0.39, 0.29) is 18.0 Å². The van der Waals surface area contributed by atoms with Crippen molar-refractivity contribution in [1.82, 2.24) is 19.6 Å². The summed E-state index contributed by atoms with van der Waals surface area (Å²) in [6, 6.07) is -0.120. The van der Waals surface area contributed by atoms with Gasteiger partial charge in [-0.25, -0.2) is 4.79 Å². The molecule has 3 amide bonds. The number of imide groups is 1. The van der Waals surface area contributed by atoms with Crippen molar-refractivity contribution in [2.45, 2.75) is 37.8 Å². The van der Waals surface area contributed by atoms with E-state index in [1.807, 2.05) is 26.4 Å². The van der Waals surface area contributed by atoms with Crippen LogP contribution >= 0.6 is 0 Å². The molecular formula is C15H21N5O2. The van der Waals surface area contributed by atoms with Crippen LogP contribution in [0.2, 0.25) is 0 Å². The summed E-state index contributed by atoms with van der Waals surface area (Å²) in [7, 11) is 1.89. The van der Waals surface area contributed by atoms with E-state index in [0.29, 0.717) is 13.1 Å². The third-order valence-corrected chi connectivity index (χ3v) is 5.34. The zero-order valence-electron chi connectivity index (χ0n) is 13.0. The van der Waals surface area contributed by atoms with Gasteiger partial charge in [-0.3, -0.25) is 14.4 Å². The van der Waals surface area contributed by atoms with Crippen molar-refractivity contribution in [1.29, 1.82) is 0 Å². The summed E-state index contributed by atoms with van der Waals surface area (Å²) in [5.41, 5.74) is 0.453. The zero-order valence-corrected chi connectivity index (χ0v) is 13.0. The van der Waals surface area contributed by atoms with Crippen LogP contribution in [0.1, 0.15) is 26.2 Å². The number of aryl methyl sites for hydroxylation is 1. The summed E-state index contributed by atoms with van der Waals surface area (Å²) in [6.07, 6.45) is 6.34. The maximum atomic E-state index is 12.8. The van der Waals surface area contributed by atoms with E-state index in [1.54, 1.807) is 9.58 Å². The van der Waals surface area contributed by atoms with Crippen LogP contribution in [0.4, 0.5) is 10.5 Å². The molecule has 1 aromatic heterocycles. The Bertz CT molecular complexity index is 642. The number of hydrogen-bond acceptors (Lipinski definition) is 4. The lowest BCUT2D eigenvalue weighted by molar-refractivity contribution is -0.133. The third-order valence-electron chi connectivity index (χ3n) is 5.34. The minimum atomic E-state index is -0.598. The fourth-order valence-corrected chi connectivity index (χ4v) is 4.05. The zero-order chi connectivity index (χ0) is 15.5. The molecule has 4 rings (SSSR count). The molecule has 0 saturated carbocycles. The van der Waals surface area contributed by atoms with Gasteiger partial charge in [0.05, 0.1) is 17.9 Å². The Balaban J connectivity index is 1.54. The van der Waals surface area contributed by atoms with E-state index in [2.05, 4.69) is 10.00 Å². The van der Waals surface area contributed by atoms with Crippen LogP contribution in [-0.2, 0) is 11.8 Å². The molecule has 0 aromatic carbocycles. The van der Waals surface area contributed by atoms with Gasteiger partial charge in [-0.15, -0.1) is 0 Å². The molecule has 7 heteroatoms. The second kappa shape index (κ2) is 4.47. The molecule has 0 aliphatic carbocycles. The maximum Gasteiger partial charge on any atom is 0.327 e. The maximum absolute atomic E-state index is 12.8. The Morgan fingerprint density at radius 2 is 2.14 bits per heavy atom. The van der Waals surface area contributed by atoms with Crippen molar-refractivity contribution in [2.75, 3.05) is 24.5 Å². The summed E-state index contributed by atoms with van der Waals surface area (Å²) in [5.74, 6) is -0.00645. The molecule has 0 spiro atoms. The van der Waals surface area contributed by atoms with E-state index < -0.39 is 5.54 Å². The minimum absolute atomic E-state index is 0.00645. The number of carbonyl (C=O) groups is 2. The van der Waals surface area contributed by atoms with Gasteiger partial charge in [-0.05, 0) is 26.2 Å². The van der Waals surface area contributed by atoms with Crippen molar-refractivity contribution >= 4 is 17.6 Å². The van der Waals surface area contributed by atoms with Gasteiger partial charge >= 0.3 is 6.03 Å². The van der Waals surface area contributed by atoms with E-state index in [9.17, 15) is 9.59 Å². The Morgan fingerprint density at radius 1 is 1.32 bits per heavy atom. The van der Waals surface area contributed by atoms with E-state index in [4.69, 9.17) is 0 Å². The van der Waals surface area contributed by atoms with Crippen molar-refractivity contribution < 1.29 is 9.59 Å². The SMILES string of the molecule is Cn1cc(N2CCC(N3C(=O)N4CCC[C@@]4(C)C3=O)C2)cn1. The predicted molar refractivity (Wildman–Crippen MR) is 80.4 cm³/mol. The van der Waals surface area contributed by atoms with Crippen LogP contribution in [0.15, 0.2) is 12.4 Å². The number of rotatable bonds is 2. The van der Waals surface area contributed by atoms with Crippen LogP contribution in [0.5, 0.6) is 0 Å². The number of carbonyl (C=O) groups excluding carboxylic acids is 2. The Kier molecular flexibility index (Phi) is 2.76. The van der Waals surface area contributed by atoms with Crippen molar-refractivity contribution in [2.24, 2.45) is 7.05 Å². The average molecular weight is 303 g/mol. The molecule has 3 fully saturated rings. The smallest absolute Gasteiger partial charge is 0.327 e. The van der Waals surface area contributed by atoms with Crippen molar-refractivity contribution in [3.05, 3.63) is 12.4 Å². The van der Waals surface area contributed by atoms with Gasteiger partial charge in [0.25, 0.3) is 5.91 Å². The molecule has 118 valence electrons. The first-order valence-corrected chi connectivity index (χ1v) is 7.89. The number of anilines is 1. The minimum Gasteiger partial charge on any atom is -0.367 e. The lowest BCUT2D eigenvalue weighted by Crippen LogP contribution is -2.45. The quantitative estimate of drug-likeness (QED) is 0.759. The van der Waals surface area contributed by atoms with Crippen LogP contribution in [0, 0.1) is 0 Å². The van der Waals surface area contributed by atoms with Gasteiger partial charge in [-0.2, -0.15) is 5.10 Å². The summed E-state index contributed by atoms with van der Waals surface area (Å²) in [4.78, 5) is 30.9. The Hall–Kier alpha value is -2.05. The van der Waals surface area contributed by atoms with Crippen LogP contribution in [0.3, 0.4) is 0 Å². The molecule has 3 aliphatic rings. The largest absolute Gasteiger partial charge is 0.367 e. The average Bonchev–Trinajstić information content (AvgIpc) is 3.20. The van der Waals surface area contributed by atoms with Crippen LogP contribution in [0.25, 0.3) is 0 Å². The topological polar surface area (TPSA) is 61.7 Å². The molecule has 22 heavy (non-hydrogen) atoms. The first-order valence-electron chi connectivity index (χ1n) is 7.89. The molecule has 0 N–H and O–H groups in total. The van der Waals surface area contributed by atoms with Gasteiger partial charge in [-0.1, -0.05) is 0 Å². The van der Waals surface area contributed by atoms with E-state index in [0.717, 1.165) is 31.5 Å². The Labute approximate surface area is 129 Å². The molecule has 1 aromatic rings. The van der Waals surface area contributed by atoms with Crippen LogP contribution < -0.4 is 4.90 Å². The second-order valence-corrected chi connectivity index (χ2v) is 6.75. The molecule has 0 radical (unpaired) electrons. The highest BCUT2D eigenvalue weighted by molar-refractivity contribution is 6.07. The molecule has 7 nitrogen and oxygen atoms in total. The summed E-state index contributed by atoms with van der Waals surface area (Å²) in [5, 5.41) is 4.19. The second-order valence-electron chi connectivity index (χ2n) is 6.75. The highest BCUT2D eigenvalue weighted by Gasteiger charge is 2.58. The molecule has 4 heterocycles. The number of urea groups is 1. The van der Waals surface area contributed by atoms with Gasteiger partial charge in [0.15, 0.2) is 0 Å². The summed E-state index contributed by atoms with van der Waals surface area (Å²) in [6.45, 7) is 4.17. The number of amides is 3. The monoisotopic (exact) mass is 303 g/mol. The molecular weight excluding hydrogens is 282 g/mol. The number of hydrogen-bond donors (Lipinski definition) is 0. The standard InChI is InChI=1S/C15H21N5O2/c1-15-5-3-6-19(15)14(22)20(13(15)21)11-4-7-18(10-11)12-8-16-17(2)9-12/h8-9,11H,3-7,10H2,1-2H3/t11?,15-/m0/s1. The summed E-state index contributed by atoms with van der Waals surface area (Å²) < 4.78 is 1.77. The van der Waals surface area contributed by atoms with E-state index in [1.165, 1.54) is 4.90 Å². The highest BCUT2D eigenvalue weighted by Crippen LogP contribution is 2.39. The van der Waals surface area contributed by atoms with Crippen LogP contribution in [-0.4, -0.2) is 62.7 Å². The molecule has 3 aliphatic heterocycles. The molecule has 2 atom stereocenters. The van der Waals surface area contributed by atoms with Gasteiger partial charge < -0.3 is 9.80 Å². The van der Waals surface area contributed by atoms with Gasteiger partial charge in [0.1, 0.15) is 5.54 Å². The first kappa shape index (κ1) is 13.6. The highest BCUT2D eigenvalue weighted by atomic mass is 16.2. The number of nitrogens with zero attached hydrogens (tertiary/aromatic N) is 5. The number of aromatic nitrogens is 2. The Morgan fingerprint density at radius 3 is 2.82 bits per heavy atom. The predicted octanol–water partition coefficient (Wildman–Crippen LogP) is 0.816. The first-order chi connectivity index (χ1) is 10.5. The van der Waals surface area contributed by atoms with Gasteiger partial charge in [0, 0.05) is 32.9 Å². The molecule has 0 bridgehead atoms. The molecule has 3 saturated heterocycles. The lowest BCUT2D eigenvalue weighted by atomic mass is 9.99.